The summed E-state index contributed by atoms with van der Waals surface area (Å²) in [5, 5.41) is 10.5. The van der Waals surface area contributed by atoms with Crippen molar-refractivity contribution < 1.29 is 0 Å². The standard InChI is InChI=1S/C45H37N/c1-26(2)30-13-15-33-24-43-39(20-35(33)17-30)41-22-37(38-19-32(12-11-28(38)5)29-9-7-6-8-10-29)23-42-40-21-36-18-31(27(3)4)14-16-34(36)25-44(40)46(43)45(41)42/h6-27H,1-5H3. The minimum Gasteiger partial charge on any atom is -0.308 e. The normalized spacial score (nSPS) is 12.4. The first-order chi connectivity index (χ1) is 22.3. The third kappa shape index (κ3) is 4.01. The second kappa shape index (κ2) is 9.93. The highest BCUT2D eigenvalue weighted by molar-refractivity contribution is 6.27. The lowest BCUT2D eigenvalue weighted by molar-refractivity contribution is 0.869. The number of fused-ring (bicyclic) bond motifs is 8. The molecule has 0 bridgehead atoms. The smallest absolute Gasteiger partial charge is 0.0620 e. The van der Waals surface area contributed by atoms with Crippen LogP contribution in [0.3, 0.4) is 0 Å². The highest BCUT2D eigenvalue weighted by Gasteiger charge is 2.21. The molecule has 0 saturated carbocycles. The molecule has 222 valence electrons. The van der Waals surface area contributed by atoms with Crippen LogP contribution in [0.4, 0.5) is 0 Å². The second-order valence-electron chi connectivity index (χ2n) is 13.9. The molecule has 0 aliphatic heterocycles. The van der Waals surface area contributed by atoms with Gasteiger partial charge in [-0.05, 0) is 122 Å². The van der Waals surface area contributed by atoms with Crippen LogP contribution in [0.5, 0.6) is 0 Å². The van der Waals surface area contributed by atoms with Gasteiger partial charge in [0.25, 0.3) is 0 Å². The minimum atomic E-state index is 0.495. The molecule has 2 aromatic heterocycles. The van der Waals surface area contributed by atoms with Crippen LogP contribution in [0.1, 0.15) is 56.2 Å². The van der Waals surface area contributed by atoms with E-state index >= 15 is 0 Å². The van der Waals surface area contributed by atoms with E-state index in [0.29, 0.717) is 11.8 Å². The lowest BCUT2D eigenvalue weighted by Gasteiger charge is -2.11. The van der Waals surface area contributed by atoms with Crippen molar-refractivity contribution in [1.82, 2.24) is 4.40 Å². The maximum atomic E-state index is 2.54. The Balaban J connectivity index is 1.41. The van der Waals surface area contributed by atoms with Crippen LogP contribution in [0.15, 0.2) is 121 Å². The molecule has 9 aromatic rings. The van der Waals surface area contributed by atoms with Gasteiger partial charge in [0, 0.05) is 21.5 Å². The van der Waals surface area contributed by atoms with Crippen molar-refractivity contribution in [2.24, 2.45) is 0 Å². The summed E-state index contributed by atoms with van der Waals surface area (Å²) < 4.78 is 2.54. The number of aryl methyl sites for hydroxylation is 1. The molecule has 0 N–H and O–H groups in total. The van der Waals surface area contributed by atoms with Crippen LogP contribution in [0, 0.1) is 6.92 Å². The molecule has 1 nitrogen and oxygen atoms in total. The third-order valence-electron chi connectivity index (χ3n) is 10.3. The summed E-state index contributed by atoms with van der Waals surface area (Å²) in [7, 11) is 0. The third-order valence-corrected chi connectivity index (χ3v) is 10.3. The summed E-state index contributed by atoms with van der Waals surface area (Å²) in [6.07, 6.45) is 0. The van der Waals surface area contributed by atoms with E-state index in [1.165, 1.54) is 98.6 Å². The molecular weight excluding hydrogens is 555 g/mol. The van der Waals surface area contributed by atoms with E-state index in [4.69, 9.17) is 0 Å². The molecule has 0 atom stereocenters. The summed E-state index contributed by atoms with van der Waals surface area (Å²) in [5.74, 6) is 0.990. The molecule has 0 fully saturated rings. The van der Waals surface area contributed by atoms with E-state index < -0.39 is 0 Å². The number of aromatic nitrogens is 1. The van der Waals surface area contributed by atoms with Crippen LogP contribution in [-0.4, -0.2) is 4.40 Å². The summed E-state index contributed by atoms with van der Waals surface area (Å²) in [6.45, 7) is 11.4. The zero-order valence-electron chi connectivity index (χ0n) is 27.1. The van der Waals surface area contributed by atoms with Crippen molar-refractivity contribution in [3.05, 3.63) is 138 Å². The Morgan fingerprint density at radius 3 is 1.54 bits per heavy atom. The fourth-order valence-corrected chi connectivity index (χ4v) is 7.68. The minimum absolute atomic E-state index is 0.495. The number of benzene rings is 7. The zero-order chi connectivity index (χ0) is 31.3. The average molecular weight is 592 g/mol. The number of hydrogen-bond donors (Lipinski definition) is 0. The van der Waals surface area contributed by atoms with E-state index in [-0.39, 0.29) is 0 Å². The molecular formula is C45H37N. The van der Waals surface area contributed by atoms with Crippen molar-refractivity contribution in [3.63, 3.8) is 0 Å². The zero-order valence-corrected chi connectivity index (χ0v) is 27.1. The van der Waals surface area contributed by atoms with Crippen molar-refractivity contribution >= 4 is 59.6 Å². The van der Waals surface area contributed by atoms with Gasteiger partial charge in [-0.15, -0.1) is 0 Å². The number of nitrogens with zero attached hydrogens (tertiary/aromatic N) is 1. The van der Waals surface area contributed by atoms with Crippen molar-refractivity contribution in [1.29, 1.82) is 0 Å². The van der Waals surface area contributed by atoms with Gasteiger partial charge in [0.15, 0.2) is 0 Å². The van der Waals surface area contributed by atoms with Gasteiger partial charge in [-0.2, -0.15) is 0 Å². The lowest BCUT2D eigenvalue weighted by atomic mass is 9.92. The Kier molecular flexibility index (Phi) is 5.87. The molecule has 0 aliphatic rings. The van der Waals surface area contributed by atoms with Crippen LogP contribution in [0.2, 0.25) is 0 Å². The molecule has 0 radical (unpaired) electrons. The van der Waals surface area contributed by atoms with Crippen LogP contribution >= 0.6 is 0 Å². The van der Waals surface area contributed by atoms with E-state index in [2.05, 4.69) is 160 Å². The topological polar surface area (TPSA) is 4.41 Å². The summed E-state index contributed by atoms with van der Waals surface area (Å²) in [4.78, 5) is 0. The van der Waals surface area contributed by atoms with Crippen molar-refractivity contribution in [2.75, 3.05) is 0 Å². The Bertz CT molecular complexity index is 2500. The first-order valence-electron chi connectivity index (χ1n) is 16.6. The van der Waals surface area contributed by atoms with Gasteiger partial charge in [-0.25, -0.2) is 0 Å². The van der Waals surface area contributed by atoms with Gasteiger partial charge >= 0.3 is 0 Å². The first-order valence-corrected chi connectivity index (χ1v) is 16.6. The van der Waals surface area contributed by atoms with Gasteiger partial charge in [-0.1, -0.05) is 107 Å². The lowest BCUT2D eigenvalue weighted by Crippen LogP contribution is -1.88. The average Bonchev–Trinajstić information content (AvgIpc) is 3.56. The Morgan fingerprint density at radius 2 is 1.00 bits per heavy atom. The maximum Gasteiger partial charge on any atom is 0.0620 e. The number of hydrogen-bond acceptors (Lipinski definition) is 0. The first kappa shape index (κ1) is 27.2. The van der Waals surface area contributed by atoms with Crippen LogP contribution < -0.4 is 0 Å². The highest BCUT2D eigenvalue weighted by atomic mass is 14.9. The van der Waals surface area contributed by atoms with Crippen molar-refractivity contribution in [2.45, 2.75) is 46.5 Å². The Hall–Kier alpha value is -5.14. The SMILES string of the molecule is Cc1ccc(-c2ccccc2)cc1-c1cc2c3cc4cc(C(C)C)ccc4cc3n3c4cc5ccc(C(C)C)cc5cc4c(c1)c23. The molecule has 9 rings (SSSR count). The van der Waals surface area contributed by atoms with E-state index in [1.807, 2.05) is 0 Å². The fourth-order valence-electron chi connectivity index (χ4n) is 7.68. The largest absolute Gasteiger partial charge is 0.308 e. The highest BCUT2D eigenvalue weighted by Crippen LogP contribution is 2.45. The van der Waals surface area contributed by atoms with E-state index in [9.17, 15) is 0 Å². The van der Waals surface area contributed by atoms with Gasteiger partial charge in [0.1, 0.15) is 0 Å². The predicted molar refractivity (Wildman–Crippen MR) is 200 cm³/mol. The molecule has 0 amide bonds. The predicted octanol–water partition coefficient (Wildman–Crippen LogP) is 13.0. The van der Waals surface area contributed by atoms with Gasteiger partial charge in [0.2, 0.25) is 0 Å². The molecule has 1 heteroatoms. The van der Waals surface area contributed by atoms with E-state index in [0.717, 1.165) is 0 Å². The summed E-state index contributed by atoms with van der Waals surface area (Å²) in [5.41, 5.74) is 13.0. The summed E-state index contributed by atoms with van der Waals surface area (Å²) in [6, 6.07) is 46.3. The monoisotopic (exact) mass is 591 g/mol. The molecule has 0 aliphatic carbocycles. The van der Waals surface area contributed by atoms with Gasteiger partial charge in [-0.3, -0.25) is 0 Å². The van der Waals surface area contributed by atoms with Gasteiger partial charge in [0.05, 0.1) is 16.6 Å². The molecule has 7 aromatic carbocycles. The second-order valence-corrected chi connectivity index (χ2v) is 13.9. The Labute approximate surface area is 270 Å². The Morgan fingerprint density at radius 1 is 0.435 bits per heavy atom. The quantitative estimate of drug-likeness (QED) is 0.192. The van der Waals surface area contributed by atoms with Crippen molar-refractivity contribution in [3.8, 4) is 22.3 Å². The fraction of sp³-hybridized carbons (Fsp3) is 0.156. The summed E-state index contributed by atoms with van der Waals surface area (Å²) >= 11 is 0. The molecule has 46 heavy (non-hydrogen) atoms. The van der Waals surface area contributed by atoms with Gasteiger partial charge < -0.3 is 4.40 Å². The molecule has 2 heterocycles. The van der Waals surface area contributed by atoms with E-state index in [1.54, 1.807) is 0 Å². The molecule has 0 spiro atoms. The maximum absolute atomic E-state index is 2.54. The molecule has 0 unspecified atom stereocenters. The molecule has 0 saturated heterocycles. The number of rotatable bonds is 4. The van der Waals surface area contributed by atoms with Crippen LogP contribution in [0.25, 0.3) is 81.9 Å². The van der Waals surface area contributed by atoms with Crippen LogP contribution in [-0.2, 0) is 0 Å².